The summed E-state index contributed by atoms with van der Waals surface area (Å²) in [5, 5.41) is 9.41. The molecule has 18 heavy (non-hydrogen) atoms. The number of nitrogens with zero attached hydrogens (tertiary/aromatic N) is 1. The number of hydrogen-bond acceptors (Lipinski definition) is 2. The van der Waals surface area contributed by atoms with Crippen LogP contribution in [-0.2, 0) is 6.61 Å². The van der Waals surface area contributed by atoms with Gasteiger partial charge in [0.1, 0.15) is 12.4 Å². The van der Waals surface area contributed by atoms with Gasteiger partial charge in [0, 0.05) is 0 Å². The fraction of sp³-hybridized carbons (Fsp3) is 0.133. The molecule has 2 aromatic carbocycles. The van der Waals surface area contributed by atoms with Crippen LogP contribution in [0.25, 0.3) is 0 Å². The van der Waals surface area contributed by atoms with E-state index in [2.05, 4.69) is 6.07 Å². The standard InChI is InChI=1S/C15H12ClNO/c1-11-5-6-14(16)15(7-11)18-10-13-4-2-3-12(8-13)9-17/h2-8H,10H2,1H3. The average molecular weight is 258 g/mol. The maximum absolute atomic E-state index is 8.82. The first kappa shape index (κ1) is 12.5. The van der Waals surface area contributed by atoms with E-state index in [1.807, 2.05) is 43.3 Å². The molecular weight excluding hydrogens is 246 g/mol. The van der Waals surface area contributed by atoms with Crippen molar-refractivity contribution in [3.05, 3.63) is 64.2 Å². The number of benzene rings is 2. The van der Waals surface area contributed by atoms with Crippen molar-refractivity contribution in [2.75, 3.05) is 0 Å². The largest absolute Gasteiger partial charge is 0.487 e. The highest BCUT2D eigenvalue weighted by molar-refractivity contribution is 6.32. The molecule has 2 rings (SSSR count). The van der Waals surface area contributed by atoms with Crippen molar-refractivity contribution in [3.63, 3.8) is 0 Å². The SMILES string of the molecule is Cc1ccc(Cl)c(OCc2cccc(C#N)c2)c1. The van der Waals surface area contributed by atoms with Crippen molar-refractivity contribution in [2.45, 2.75) is 13.5 Å². The first-order valence-corrected chi connectivity index (χ1v) is 5.95. The van der Waals surface area contributed by atoms with Crippen LogP contribution in [-0.4, -0.2) is 0 Å². The number of ether oxygens (including phenoxy) is 1. The molecule has 0 aromatic heterocycles. The molecule has 0 N–H and O–H groups in total. The molecule has 3 heteroatoms. The van der Waals surface area contributed by atoms with Gasteiger partial charge in [0.15, 0.2) is 0 Å². The van der Waals surface area contributed by atoms with Gasteiger partial charge in [-0.15, -0.1) is 0 Å². The molecule has 2 nitrogen and oxygen atoms in total. The highest BCUT2D eigenvalue weighted by atomic mass is 35.5. The number of nitriles is 1. The van der Waals surface area contributed by atoms with Gasteiger partial charge in [-0.2, -0.15) is 5.26 Å². The number of rotatable bonds is 3. The summed E-state index contributed by atoms with van der Waals surface area (Å²) in [5.74, 6) is 0.666. The summed E-state index contributed by atoms with van der Waals surface area (Å²) >= 11 is 6.04. The Balaban J connectivity index is 2.11. The lowest BCUT2D eigenvalue weighted by Crippen LogP contribution is -1.96. The second-order valence-corrected chi connectivity index (χ2v) is 4.44. The maximum Gasteiger partial charge on any atom is 0.138 e. The minimum absolute atomic E-state index is 0.401. The Kier molecular flexibility index (Phi) is 3.86. The van der Waals surface area contributed by atoms with Crippen LogP contribution < -0.4 is 4.74 Å². The smallest absolute Gasteiger partial charge is 0.138 e. The average Bonchev–Trinajstić information content (AvgIpc) is 2.40. The van der Waals surface area contributed by atoms with Crippen LogP contribution >= 0.6 is 11.6 Å². The van der Waals surface area contributed by atoms with Crippen LogP contribution in [0.5, 0.6) is 5.75 Å². The summed E-state index contributed by atoms with van der Waals surface area (Å²) in [4.78, 5) is 0. The molecule has 0 bridgehead atoms. The van der Waals surface area contributed by atoms with Crippen molar-refractivity contribution in [1.82, 2.24) is 0 Å². The van der Waals surface area contributed by atoms with Gasteiger partial charge in [-0.05, 0) is 42.3 Å². The van der Waals surface area contributed by atoms with E-state index in [1.54, 1.807) is 6.07 Å². The van der Waals surface area contributed by atoms with Crippen LogP contribution in [0.4, 0.5) is 0 Å². The fourth-order valence-corrected chi connectivity index (χ4v) is 1.79. The van der Waals surface area contributed by atoms with E-state index in [4.69, 9.17) is 21.6 Å². The Morgan fingerprint density at radius 1 is 1.22 bits per heavy atom. The summed E-state index contributed by atoms with van der Waals surface area (Å²) in [5.41, 5.74) is 2.68. The van der Waals surface area contributed by atoms with Gasteiger partial charge in [0.05, 0.1) is 16.7 Å². The van der Waals surface area contributed by atoms with Crippen molar-refractivity contribution < 1.29 is 4.74 Å². The first-order chi connectivity index (χ1) is 8.69. The summed E-state index contributed by atoms with van der Waals surface area (Å²) in [7, 11) is 0. The van der Waals surface area contributed by atoms with E-state index in [1.165, 1.54) is 0 Å². The third-order valence-electron chi connectivity index (χ3n) is 2.54. The van der Waals surface area contributed by atoms with Gasteiger partial charge in [-0.1, -0.05) is 29.8 Å². The fourth-order valence-electron chi connectivity index (χ4n) is 1.61. The van der Waals surface area contributed by atoms with E-state index in [-0.39, 0.29) is 0 Å². The topological polar surface area (TPSA) is 33.0 Å². The third kappa shape index (κ3) is 3.03. The Morgan fingerprint density at radius 2 is 2.06 bits per heavy atom. The normalized spacial score (nSPS) is 9.83. The van der Waals surface area contributed by atoms with Crippen molar-refractivity contribution in [1.29, 1.82) is 5.26 Å². The molecule has 0 unspecified atom stereocenters. The zero-order chi connectivity index (χ0) is 13.0. The van der Waals surface area contributed by atoms with Gasteiger partial charge in [0.2, 0.25) is 0 Å². The highest BCUT2D eigenvalue weighted by Crippen LogP contribution is 2.26. The van der Waals surface area contributed by atoms with Gasteiger partial charge < -0.3 is 4.74 Å². The summed E-state index contributed by atoms with van der Waals surface area (Å²) < 4.78 is 5.66. The van der Waals surface area contributed by atoms with Crippen molar-refractivity contribution in [3.8, 4) is 11.8 Å². The lowest BCUT2D eigenvalue weighted by Gasteiger charge is -2.09. The Labute approximate surface area is 111 Å². The zero-order valence-corrected chi connectivity index (χ0v) is 10.7. The minimum Gasteiger partial charge on any atom is -0.487 e. The Hall–Kier alpha value is -1.98. The highest BCUT2D eigenvalue weighted by Gasteiger charge is 2.02. The van der Waals surface area contributed by atoms with Crippen LogP contribution in [0.15, 0.2) is 42.5 Å². The number of halogens is 1. The first-order valence-electron chi connectivity index (χ1n) is 5.57. The molecule has 0 aliphatic heterocycles. The van der Waals surface area contributed by atoms with Crippen LogP contribution in [0, 0.1) is 18.3 Å². The molecule has 0 spiro atoms. The van der Waals surface area contributed by atoms with Gasteiger partial charge in [0.25, 0.3) is 0 Å². The van der Waals surface area contributed by atoms with Gasteiger partial charge in [-0.3, -0.25) is 0 Å². The predicted octanol–water partition coefficient (Wildman–Crippen LogP) is 4.10. The summed E-state index contributed by atoms with van der Waals surface area (Å²) in [6, 6.07) is 15.1. The molecule has 0 saturated heterocycles. The summed E-state index contributed by atoms with van der Waals surface area (Å²) in [6.07, 6.45) is 0. The maximum atomic E-state index is 8.82. The second-order valence-electron chi connectivity index (χ2n) is 4.03. The number of hydrogen-bond donors (Lipinski definition) is 0. The monoisotopic (exact) mass is 257 g/mol. The minimum atomic E-state index is 0.401. The molecule has 0 aliphatic carbocycles. The predicted molar refractivity (Wildman–Crippen MR) is 71.7 cm³/mol. The molecule has 0 aliphatic rings. The van der Waals surface area contributed by atoms with Crippen molar-refractivity contribution >= 4 is 11.6 Å². The van der Waals surface area contributed by atoms with E-state index in [9.17, 15) is 0 Å². The van der Waals surface area contributed by atoms with E-state index in [0.717, 1.165) is 11.1 Å². The van der Waals surface area contributed by atoms with Gasteiger partial charge in [-0.25, -0.2) is 0 Å². The van der Waals surface area contributed by atoms with Crippen LogP contribution in [0.1, 0.15) is 16.7 Å². The molecule has 0 amide bonds. The van der Waals surface area contributed by atoms with E-state index >= 15 is 0 Å². The molecular formula is C15H12ClNO. The zero-order valence-electron chi connectivity index (χ0n) is 9.98. The Morgan fingerprint density at radius 3 is 2.83 bits per heavy atom. The molecule has 0 fully saturated rings. The second kappa shape index (κ2) is 5.57. The summed E-state index contributed by atoms with van der Waals surface area (Å²) in [6.45, 7) is 2.39. The molecule has 2 aromatic rings. The lowest BCUT2D eigenvalue weighted by molar-refractivity contribution is 0.306. The van der Waals surface area contributed by atoms with E-state index in [0.29, 0.717) is 22.9 Å². The van der Waals surface area contributed by atoms with Crippen molar-refractivity contribution in [2.24, 2.45) is 0 Å². The third-order valence-corrected chi connectivity index (χ3v) is 2.85. The van der Waals surface area contributed by atoms with Gasteiger partial charge >= 0.3 is 0 Å². The van der Waals surface area contributed by atoms with Crippen LogP contribution in [0.3, 0.4) is 0 Å². The molecule has 90 valence electrons. The van der Waals surface area contributed by atoms with E-state index < -0.39 is 0 Å². The Bertz CT molecular complexity index is 602. The molecule has 0 radical (unpaired) electrons. The molecule has 0 heterocycles. The quantitative estimate of drug-likeness (QED) is 0.829. The van der Waals surface area contributed by atoms with Crippen LogP contribution in [0.2, 0.25) is 5.02 Å². The molecule has 0 saturated carbocycles. The number of aryl methyl sites for hydroxylation is 1. The lowest BCUT2D eigenvalue weighted by atomic mass is 10.1. The molecule has 0 atom stereocenters.